The highest BCUT2D eigenvalue weighted by Gasteiger charge is 2.13. The second-order valence-corrected chi connectivity index (χ2v) is 4.89. The van der Waals surface area contributed by atoms with Crippen LogP contribution in [0.4, 0.5) is 11.4 Å². The third-order valence-corrected chi connectivity index (χ3v) is 3.26. The van der Waals surface area contributed by atoms with E-state index in [2.05, 4.69) is 10.6 Å². The first-order chi connectivity index (χ1) is 11.6. The molecule has 0 aliphatic heterocycles. The lowest BCUT2D eigenvalue weighted by Gasteiger charge is -2.11. The molecule has 0 heterocycles. The summed E-state index contributed by atoms with van der Waals surface area (Å²) in [5.74, 6) is 0.285. The lowest BCUT2D eigenvalue weighted by Crippen LogP contribution is -2.29. The summed E-state index contributed by atoms with van der Waals surface area (Å²) in [7, 11) is 0. The standard InChI is InChI=1S/C17H19N3O4/c1-2-24-16-10-6-3-7-13(16)17(21)19-12-11-18-14-8-4-5-9-15(14)20(22)23/h3-10,18H,2,11-12H2,1H3,(H,19,21). The van der Waals surface area contributed by atoms with Gasteiger partial charge in [0.2, 0.25) is 0 Å². The highest BCUT2D eigenvalue weighted by molar-refractivity contribution is 5.96. The quantitative estimate of drug-likeness (QED) is 0.441. The van der Waals surface area contributed by atoms with E-state index in [-0.39, 0.29) is 11.6 Å². The molecule has 2 aromatic rings. The Labute approximate surface area is 139 Å². The van der Waals surface area contributed by atoms with Crippen LogP contribution in [0.15, 0.2) is 48.5 Å². The van der Waals surface area contributed by atoms with E-state index >= 15 is 0 Å². The molecular formula is C17H19N3O4. The minimum atomic E-state index is -0.445. The third-order valence-electron chi connectivity index (χ3n) is 3.26. The summed E-state index contributed by atoms with van der Waals surface area (Å²) in [6.45, 7) is 3.02. The summed E-state index contributed by atoms with van der Waals surface area (Å²) >= 11 is 0. The van der Waals surface area contributed by atoms with Gasteiger partial charge in [0.1, 0.15) is 11.4 Å². The highest BCUT2D eigenvalue weighted by atomic mass is 16.6. The number of nitro benzene ring substituents is 1. The maximum atomic E-state index is 12.2. The maximum absolute atomic E-state index is 12.2. The predicted molar refractivity (Wildman–Crippen MR) is 91.5 cm³/mol. The zero-order valence-corrected chi connectivity index (χ0v) is 13.3. The number of nitrogens with zero attached hydrogens (tertiary/aromatic N) is 1. The van der Waals surface area contributed by atoms with Crippen molar-refractivity contribution in [1.82, 2.24) is 5.32 Å². The van der Waals surface area contributed by atoms with Crippen LogP contribution in [0.2, 0.25) is 0 Å². The van der Waals surface area contributed by atoms with Gasteiger partial charge in [-0.3, -0.25) is 14.9 Å². The molecule has 0 saturated heterocycles. The number of nitro groups is 1. The molecule has 0 atom stereocenters. The van der Waals surface area contributed by atoms with Gasteiger partial charge in [-0.1, -0.05) is 24.3 Å². The van der Waals surface area contributed by atoms with Crippen LogP contribution < -0.4 is 15.4 Å². The molecule has 24 heavy (non-hydrogen) atoms. The van der Waals surface area contributed by atoms with Crippen molar-refractivity contribution in [3.8, 4) is 5.75 Å². The lowest BCUT2D eigenvalue weighted by molar-refractivity contribution is -0.384. The van der Waals surface area contributed by atoms with Crippen molar-refractivity contribution in [2.75, 3.05) is 25.0 Å². The molecule has 0 aliphatic rings. The van der Waals surface area contributed by atoms with Crippen molar-refractivity contribution in [2.24, 2.45) is 0 Å². The average molecular weight is 329 g/mol. The molecule has 2 N–H and O–H groups in total. The Bertz CT molecular complexity index is 718. The van der Waals surface area contributed by atoms with E-state index in [0.29, 0.717) is 36.7 Å². The topological polar surface area (TPSA) is 93.5 Å². The molecule has 0 aromatic heterocycles. The van der Waals surface area contributed by atoms with Crippen molar-refractivity contribution in [2.45, 2.75) is 6.92 Å². The summed E-state index contributed by atoms with van der Waals surface area (Å²) in [6, 6.07) is 13.4. The van der Waals surface area contributed by atoms with Crippen LogP contribution in [0, 0.1) is 10.1 Å². The van der Waals surface area contributed by atoms with Crippen LogP contribution in [0.1, 0.15) is 17.3 Å². The number of para-hydroxylation sites is 3. The van der Waals surface area contributed by atoms with E-state index in [1.54, 1.807) is 42.5 Å². The van der Waals surface area contributed by atoms with Gasteiger partial charge in [0, 0.05) is 19.2 Å². The van der Waals surface area contributed by atoms with Gasteiger partial charge in [-0.25, -0.2) is 0 Å². The molecule has 0 bridgehead atoms. The minimum Gasteiger partial charge on any atom is -0.493 e. The van der Waals surface area contributed by atoms with E-state index in [4.69, 9.17) is 4.74 Å². The predicted octanol–water partition coefficient (Wildman–Crippen LogP) is 2.84. The third kappa shape index (κ3) is 4.45. The summed E-state index contributed by atoms with van der Waals surface area (Å²) in [4.78, 5) is 22.7. The van der Waals surface area contributed by atoms with Crippen LogP contribution in [0.3, 0.4) is 0 Å². The summed E-state index contributed by atoms with van der Waals surface area (Å²) in [5, 5.41) is 16.6. The van der Waals surface area contributed by atoms with Crippen molar-refractivity contribution in [1.29, 1.82) is 0 Å². The Kier molecular flexibility index (Phi) is 6.13. The Morgan fingerprint density at radius 3 is 2.58 bits per heavy atom. The maximum Gasteiger partial charge on any atom is 0.292 e. The second kappa shape index (κ2) is 8.52. The van der Waals surface area contributed by atoms with Crippen molar-refractivity contribution in [3.05, 3.63) is 64.2 Å². The molecule has 126 valence electrons. The molecule has 0 radical (unpaired) electrons. The van der Waals surface area contributed by atoms with Crippen LogP contribution >= 0.6 is 0 Å². The molecule has 0 aliphatic carbocycles. The molecule has 0 saturated carbocycles. The average Bonchev–Trinajstić information content (AvgIpc) is 2.59. The van der Waals surface area contributed by atoms with Crippen molar-refractivity contribution < 1.29 is 14.5 Å². The number of ether oxygens (including phenoxy) is 1. The Balaban J connectivity index is 1.89. The second-order valence-electron chi connectivity index (χ2n) is 4.89. The molecule has 7 heteroatoms. The fourth-order valence-electron chi connectivity index (χ4n) is 2.19. The highest BCUT2D eigenvalue weighted by Crippen LogP contribution is 2.22. The molecule has 1 amide bonds. The largest absolute Gasteiger partial charge is 0.493 e. The normalized spacial score (nSPS) is 10.0. The van der Waals surface area contributed by atoms with E-state index in [1.165, 1.54) is 6.07 Å². The van der Waals surface area contributed by atoms with Gasteiger partial charge in [0.05, 0.1) is 17.1 Å². The number of hydrogen-bond acceptors (Lipinski definition) is 5. The molecule has 0 spiro atoms. The van der Waals surface area contributed by atoms with Crippen LogP contribution in [0.25, 0.3) is 0 Å². The van der Waals surface area contributed by atoms with Gasteiger partial charge in [0.25, 0.3) is 11.6 Å². The number of carbonyl (C=O) groups excluding carboxylic acids is 1. The fourth-order valence-corrected chi connectivity index (χ4v) is 2.19. The van der Waals surface area contributed by atoms with Crippen LogP contribution in [-0.4, -0.2) is 30.5 Å². The van der Waals surface area contributed by atoms with E-state index in [0.717, 1.165) is 0 Å². The first-order valence-corrected chi connectivity index (χ1v) is 7.60. The summed E-state index contributed by atoms with van der Waals surface area (Å²) in [5.41, 5.74) is 0.891. The lowest BCUT2D eigenvalue weighted by atomic mass is 10.2. The number of nitrogens with one attached hydrogen (secondary N) is 2. The molecule has 0 fully saturated rings. The Hall–Kier alpha value is -3.09. The van der Waals surface area contributed by atoms with Crippen LogP contribution in [-0.2, 0) is 0 Å². The fraction of sp³-hybridized carbons (Fsp3) is 0.235. The van der Waals surface area contributed by atoms with Gasteiger partial charge >= 0.3 is 0 Å². The van der Waals surface area contributed by atoms with Gasteiger partial charge in [0.15, 0.2) is 0 Å². The smallest absolute Gasteiger partial charge is 0.292 e. The molecule has 2 rings (SSSR count). The Morgan fingerprint density at radius 2 is 1.83 bits per heavy atom. The van der Waals surface area contributed by atoms with Crippen molar-refractivity contribution in [3.63, 3.8) is 0 Å². The number of hydrogen-bond donors (Lipinski definition) is 2. The Morgan fingerprint density at radius 1 is 1.12 bits per heavy atom. The molecule has 2 aromatic carbocycles. The van der Waals surface area contributed by atoms with E-state index < -0.39 is 4.92 Å². The monoisotopic (exact) mass is 329 g/mol. The van der Waals surface area contributed by atoms with Gasteiger partial charge in [-0.2, -0.15) is 0 Å². The van der Waals surface area contributed by atoms with E-state index in [1.807, 2.05) is 6.92 Å². The number of anilines is 1. The number of amides is 1. The number of carbonyl (C=O) groups is 1. The van der Waals surface area contributed by atoms with Crippen LogP contribution in [0.5, 0.6) is 5.75 Å². The molecule has 0 unspecified atom stereocenters. The minimum absolute atomic E-state index is 0.00511. The van der Waals surface area contributed by atoms with Gasteiger partial charge in [-0.15, -0.1) is 0 Å². The SMILES string of the molecule is CCOc1ccccc1C(=O)NCCNc1ccccc1[N+](=O)[O-]. The summed E-state index contributed by atoms with van der Waals surface area (Å²) in [6.07, 6.45) is 0. The van der Waals surface area contributed by atoms with Gasteiger partial charge < -0.3 is 15.4 Å². The summed E-state index contributed by atoms with van der Waals surface area (Å²) < 4.78 is 5.42. The van der Waals surface area contributed by atoms with Gasteiger partial charge in [-0.05, 0) is 25.1 Å². The first-order valence-electron chi connectivity index (χ1n) is 7.60. The zero-order chi connectivity index (χ0) is 17.4. The number of benzene rings is 2. The van der Waals surface area contributed by atoms with E-state index in [9.17, 15) is 14.9 Å². The first kappa shape index (κ1) is 17.3. The molecular weight excluding hydrogens is 310 g/mol. The molecule has 7 nitrogen and oxygen atoms in total. The number of rotatable bonds is 8. The van der Waals surface area contributed by atoms with Crippen molar-refractivity contribution >= 4 is 17.3 Å². The zero-order valence-electron chi connectivity index (χ0n) is 13.3.